The SMILES string of the molecule is CCOC(=O)c1cc(-c2ccc(/C=C3/SC(=S)N(c4ccc(OC)c(Cl)c4)C3=O)o2)ccc1Cl. The summed E-state index contributed by atoms with van der Waals surface area (Å²) >= 11 is 18.9. The Hall–Kier alpha value is -2.78. The number of ether oxygens (including phenoxy) is 2. The van der Waals surface area contributed by atoms with E-state index in [1.54, 1.807) is 61.5 Å². The van der Waals surface area contributed by atoms with Crippen molar-refractivity contribution in [3.63, 3.8) is 0 Å². The first-order valence-electron chi connectivity index (χ1n) is 10.0. The van der Waals surface area contributed by atoms with Crippen molar-refractivity contribution < 1.29 is 23.5 Å². The Morgan fingerprint density at radius 2 is 1.94 bits per heavy atom. The molecule has 3 aromatic rings. The topological polar surface area (TPSA) is 69.0 Å². The standard InChI is InChI=1S/C24H17Cl2NO5S2/c1-3-31-23(29)16-10-13(4-7-17(16)25)19-9-6-15(32-19)12-21-22(28)27(24(33)34-21)14-5-8-20(30-2)18(26)11-14/h4-12H,3H2,1-2H3/b21-12+. The number of halogens is 2. The van der Waals surface area contributed by atoms with Crippen molar-refractivity contribution in [3.05, 3.63) is 74.8 Å². The van der Waals surface area contributed by atoms with E-state index < -0.39 is 5.97 Å². The summed E-state index contributed by atoms with van der Waals surface area (Å²) in [7, 11) is 1.52. The maximum atomic E-state index is 13.0. The van der Waals surface area contributed by atoms with Crippen molar-refractivity contribution in [2.24, 2.45) is 0 Å². The third-order valence-corrected chi connectivity index (χ3v) is 6.76. The first-order valence-corrected chi connectivity index (χ1v) is 12.0. The number of nitrogens with zero attached hydrogens (tertiary/aromatic N) is 1. The molecule has 1 aliphatic rings. The third kappa shape index (κ3) is 4.86. The number of hydrogen-bond acceptors (Lipinski definition) is 7. The van der Waals surface area contributed by atoms with Crippen molar-refractivity contribution in [1.82, 2.24) is 0 Å². The molecule has 1 amide bonds. The summed E-state index contributed by atoms with van der Waals surface area (Å²) in [5.41, 5.74) is 1.44. The largest absolute Gasteiger partial charge is 0.495 e. The number of furan rings is 1. The minimum absolute atomic E-state index is 0.241. The molecule has 1 fully saturated rings. The van der Waals surface area contributed by atoms with Gasteiger partial charge in [-0.3, -0.25) is 9.69 Å². The van der Waals surface area contributed by atoms with Crippen LogP contribution in [0.2, 0.25) is 10.0 Å². The summed E-state index contributed by atoms with van der Waals surface area (Å²) in [6.45, 7) is 1.96. The Kier molecular flexibility index (Phi) is 7.33. The lowest BCUT2D eigenvalue weighted by Crippen LogP contribution is -2.27. The average molecular weight is 534 g/mol. The van der Waals surface area contributed by atoms with Gasteiger partial charge in [-0.15, -0.1) is 0 Å². The second-order valence-corrected chi connectivity index (χ2v) is 9.44. The quantitative estimate of drug-likeness (QED) is 0.195. The lowest BCUT2D eigenvalue weighted by atomic mass is 10.1. The molecular weight excluding hydrogens is 517 g/mol. The molecule has 174 valence electrons. The van der Waals surface area contributed by atoms with Gasteiger partial charge >= 0.3 is 5.97 Å². The van der Waals surface area contributed by atoms with E-state index in [1.165, 1.54) is 12.0 Å². The highest BCUT2D eigenvalue weighted by Gasteiger charge is 2.34. The Balaban J connectivity index is 1.59. The highest BCUT2D eigenvalue weighted by Crippen LogP contribution is 2.39. The van der Waals surface area contributed by atoms with Crippen LogP contribution in [-0.2, 0) is 9.53 Å². The van der Waals surface area contributed by atoms with Gasteiger partial charge in [0, 0.05) is 11.6 Å². The van der Waals surface area contributed by atoms with Crippen molar-refractivity contribution in [2.75, 3.05) is 18.6 Å². The summed E-state index contributed by atoms with van der Waals surface area (Å²) in [5.74, 6) is 0.665. The molecule has 2 heterocycles. The Labute approximate surface area is 215 Å². The summed E-state index contributed by atoms with van der Waals surface area (Å²) < 4.78 is 16.5. The fourth-order valence-electron chi connectivity index (χ4n) is 3.24. The molecule has 1 saturated heterocycles. The minimum atomic E-state index is -0.511. The number of esters is 1. The number of thiocarbonyl (C=S) groups is 1. The van der Waals surface area contributed by atoms with Gasteiger partial charge in [0.05, 0.1) is 39.9 Å². The summed E-state index contributed by atoms with van der Waals surface area (Å²) in [6, 6.07) is 13.4. The van der Waals surface area contributed by atoms with Crippen LogP contribution in [0.1, 0.15) is 23.0 Å². The van der Waals surface area contributed by atoms with Crippen molar-refractivity contribution in [1.29, 1.82) is 0 Å². The molecule has 0 radical (unpaired) electrons. The van der Waals surface area contributed by atoms with Crippen LogP contribution < -0.4 is 9.64 Å². The predicted molar refractivity (Wildman–Crippen MR) is 139 cm³/mol. The first-order chi connectivity index (χ1) is 16.3. The second-order valence-electron chi connectivity index (χ2n) is 6.95. The number of carbonyl (C=O) groups is 2. The molecule has 0 N–H and O–H groups in total. The highest BCUT2D eigenvalue weighted by atomic mass is 35.5. The van der Waals surface area contributed by atoms with E-state index in [2.05, 4.69) is 0 Å². The molecule has 10 heteroatoms. The van der Waals surface area contributed by atoms with E-state index in [-0.39, 0.29) is 23.1 Å². The van der Waals surface area contributed by atoms with Gasteiger partial charge in [-0.25, -0.2) is 4.79 Å². The molecule has 0 unspecified atom stereocenters. The van der Waals surface area contributed by atoms with Crippen LogP contribution in [0, 0.1) is 0 Å². The van der Waals surface area contributed by atoms with E-state index in [1.807, 2.05) is 0 Å². The van der Waals surface area contributed by atoms with Crippen molar-refractivity contribution >= 4 is 75.1 Å². The van der Waals surface area contributed by atoms with Gasteiger partial charge in [0.2, 0.25) is 0 Å². The van der Waals surface area contributed by atoms with Crippen LogP contribution in [-0.4, -0.2) is 29.9 Å². The second kappa shape index (κ2) is 10.2. The van der Waals surface area contributed by atoms with Gasteiger partial charge in [-0.2, -0.15) is 0 Å². The zero-order chi connectivity index (χ0) is 24.4. The number of thioether (sulfide) groups is 1. The van der Waals surface area contributed by atoms with Crippen molar-refractivity contribution in [2.45, 2.75) is 6.92 Å². The molecule has 0 aliphatic carbocycles. The van der Waals surface area contributed by atoms with E-state index in [0.717, 1.165) is 11.8 Å². The number of rotatable bonds is 6. The van der Waals surface area contributed by atoms with Crippen molar-refractivity contribution in [3.8, 4) is 17.1 Å². The number of amides is 1. The molecule has 6 nitrogen and oxygen atoms in total. The molecule has 1 aliphatic heterocycles. The summed E-state index contributed by atoms with van der Waals surface area (Å²) in [6.07, 6.45) is 1.62. The monoisotopic (exact) mass is 533 g/mol. The molecule has 0 saturated carbocycles. The molecule has 0 bridgehead atoms. The molecule has 0 atom stereocenters. The fourth-order valence-corrected chi connectivity index (χ4v) is 4.97. The predicted octanol–water partition coefficient (Wildman–Crippen LogP) is 6.84. The maximum Gasteiger partial charge on any atom is 0.339 e. The lowest BCUT2D eigenvalue weighted by Gasteiger charge is -2.15. The Morgan fingerprint density at radius 1 is 1.15 bits per heavy atom. The molecule has 34 heavy (non-hydrogen) atoms. The lowest BCUT2D eigenvalue weighted by molar-refractivity contribution is -0.113. The summed E-state index contributed by atoms with van der Waals surface area (Å²) in [4.78, 5) is 27.0. The van der Waals surface area contributed by atoms with Gasteiger partial charge in [-0.05, 0) is 55.5 Å². The number of carbonyl (C=O) groups excluding carboxylic acids is 2. The van der Waals surface area contributed by atoms with E-state index in [4.69, 9.17) is 49.3 Å². The fraction of sp³-hybridized carbons (Fsp3) is 0.125. The minimum Gasteiger partial charge on any atom is -0.495 e. The van der Waals surface area contributed by atoms with E-state index in [0.29, 0.717) is 42.8 Å². The Bertz CT molecular complexity index is 1330. The number of benzene rings is 2. The molecule has 4 rings (SSSR count). The highest BCUT2D eigenvalue weighted by molar-refractivity contribution is 8.27. The molecular formula is C24H17Cl2NO5S2. The van der Waals surface area contributed by atoms with Gasteiger partial charge < -0.3 is 13.9 Å². The third-order valence-electron chi connectivity index (χ3n) is 4.83. The first kappa shape index (κ1) is 24.3. The van der Waals surface area contributed by atoms with Crippen LogP contribution in [0.15, 0.2) is 57.9 Å². The normalized spacial score (nSPS) is 14.7. The van der Waals surface area contributed by atoms with Crippen LogP contribution in [0.5, 0.6) is 5.75 Å². The molecule has 1 aromatic heterocycles. The van der Waals surface area contributed by atoms with Crippen LogP contribution in [0.25, 0.3) is 17.4 Å². The van der Waals surface area contributed by atoms with Gasteiger partial charge in [-0.1, -0.05) is 47.2 Å². The number of anilines is 1. The molecule has 0 spiro atoms. The number of methoxy groups -OCH3 is 1. The Morgan fingerprint density at radius 3 is 2.65 bits per heavy atom. The zero-order valence-corrected chi connectivity index (χ0v) is 21.1. The van der Waals surface area contributed by atoms with Gasteiger partial charge in [0.1, 0.15) is 17.3 Å². The number of hydrogen-bond donors (Lipinski definition) is 0. The van der Waals surface area contributed by atoms with Crippen LogP contribution in [0.4, 0.5) is 5.69 Å². The van der Waals surface area contributed by atoms with E-state index >= 15 is 0 Å². The average Bonchev–Trinajstić information content (AvgIpc) is 3.38. The van der Waals surface area contributed by atoms with Crippen LogP contribution in [0.3, 0.4) is 0 Å². The zero-order valence-electron chi connectivity index (χ0n) is 18.0. The van der Waals surface area contributed by atoms with Gasteiger partial charge in [0.25, 0.3) is 5.91 Å². The van der Waals surface area contributed by atoms with Gasteiger partial charge in [0.15, 0.2) is 4.32 Å². The molecule has 2 aromatic carbocycles. The maximum absolute atomic E-state index is 13.0. The smallest absolute Gasteiger partial charge is 0.339 e. The van der Waals surface area contributed by atoms with E-state index in [9.17, 15) is 9.59 Å². The summed E-state index contributed by atoms with van der Waals surface area (Å²) in [5, 5.41) is 0.662. The van der Waals surface area contributed by atoms with Crippen LogP contribution >= 0.6 is 47.2 Å².